The molecule has 1 aromatic rings. The van der Waals surface area contributed by atoms with E-state index in [2.05, 4.69) is 15.9 Å². The SMILES string of the molecule is CCC(C)C(N)C(=O)Cc1cc(Br)ccc1OC. The summed E-state index contributed by atoms with van der Waals surface area (Å²) in [6.45, 7) is 4.04. The minimum absolute atomic E-state index is 0.0563. The highest BCUT2D eigenvalue weighted by atomic mass is 79.9. The lowest BCUT2D eigenvalue weighted by molar-refractivity contribution is -0.120. The summed E-state index contributed by atoms with van der Waals surface area (Å²) in [5.41, 5.74) is 6.82. The average Bonchev–Trinajstić information content (AvgIpc) is 2.37. The second-order valence-corrected chi connectivity index (χ2v) is 5.43. The first-order chi connectivity index (χ1) is 8.49. The van der Waals surface area contributed by atoms with Gasteiger partial charge in [-0.1, -0.05) is 36.2 Å². The van der Waals surface area contributed by atoms with Crippen molar-refractivity contribution in [3.05, 3.63) is 28.2 Å². The lowest BCUT2D eigenvalue weighted by atomic mass is 9.93. The van der Waals surface area contributed by atoms with Crippen LogP contribution in [0.1, 0.15) is 25.8 Å². The van der Waals surface area contributed by atoms with Gasteiger partial charge in [-0.25, -0.2) is 0 Å². The van der Waals surface area contributed by atoms with Gasteiger partial charge in [0.2, 0.25) is 0 Å². The third kappa shape index (κ3) is 3.82. The lowest BCUT2D eigenvalue weighted by Crippen LogP contribution is -2.37. The van der Waals surface area contributed by atoms with Crippen LogP contribution in [-0.2, 0) is 11.2 Å². The van der Waals surface area contributed by atoms with Crippen molar-refractivity contribution in [2.45, 2.75) is 32.7 Å². The largest absolute Gasteiger partial charge is 0.496 e. The van der Waals surface area contributed by atoms with Crippen molar-refractivity contribution in [3.8, 4) is 5.75 Å². The lowest BCUT2D eigenvalue weighted by Gasteiger charge is -2.17. The molecular weight excluding hydrogens is 294 g/mol. The van der Waals surface area contributed by atoms with Crippen molar-refractivity contribution in [2.75, 3.05) is 7.11 Å². The number of hydrogen-bond acceptors (Lipinski definition) is 3. The Morgan fingerprint density at radius 1 is 1.50 bits per heavy atom. The maximum atomic E-state index is 12.1. The molecule has 0 aliphatic carbocycles. The fraction of sp³-hybridized carbons (Fsp3) is 0.500. The number of nitrogens with two attached hydrogens (primary N) is 1. The monoisotopic (exact) mass is 313 g/mol. The number of carbonyl (C=O) groups excluding carboxylic acids is 1. The molecule has 0 bridgehead atoms. The molecule has 0 amide bonds. The van der Waals surface area contributed by atoms with Crippen molar-refractivity contribution in [2.24, 2.45) is 11.7 Å². The Morgan fingerprint density at radius 2 is 2.17 bits per heavy atom. The summed E-state index contributed by atoms with van der Waals surface area (Å²) in [6.07, 6.45) is 1.22. The number of ketones is 1. The van der Waals surface area contributed by atoms with Crippen LogP contribution in [-0.4, -0.2) is 18.9 Å². The van der Waals surface area contributed by atoms with Crippen LogP contribution < -0.4 is 10.5 Å². The van der Waals surface area contributed by atoms with Crippen molar-refractivity contribution >= 4 is 21.7 Å². The quantitative estimate of drug-likeness (QED) is 0.878. The molecule has 2 N–H and O–H groups in total. The number of halogens is 1. The third-order valence-corrected chi connectivity index (χ3v) is 3.73. The first kappa shape index (κ1) is 15.2. The highest BCUT2D eigenvalue weighted by molar-refractivity contribution is 9.10. The van der Waals surface area contributed by atoms with E-state index in [1.54, 1.807) is 7.11 Å². The van der Waals surface area contributed by atoms with Crippen LogP contribution in [0.3, 0.4) is 0 Å². The number of benzene rings is 1. The van der Waals surface area contributed by atoms with Crippen molar-refractivity contribution in [1.29, 1.82) is 0 Å². The van der Waals surface area contributed by atoms with Gasteiger partial charge >= 0.3 is 0 Å². The van der Waals surface area contributed by atoms with E-state index in [1.807, 2.05) is 32.0 Å². The van der Waals surface area contributed by atoms with Crippen LogP contribution in [0.2, 0.25) is 0 Å². The molecule has 2 unspecified atom stereocenters. The Kier molecular flexibility index (Phi) is 5.82. The first-order valence-corrected chi connectivity index (χ1v) is 6.89. The maximum Gasteiger partial charge on any atom is 0.154 e. The number of rotatable bonds is 6. The van der Waals surface area contributed by atoms with E-state index in [4.69, 9.17) is 10.5 Å². The van der Waals surface area contributed by atoms with E-state index in [-0.39, 0.29) is 11.7 Å². The van der Waals surface area contributed by atoms with Gasteiger partial charge in [0.05, 0.1) is 13.2 Å². The molecule has 3 nitrogen and oxygen atoms in total. The van der Waals surface area contributed by atoms with Gasteiger partial charge in [0.25, 0.3) is 0 Å². The van der Waals surface area contributed by atoms with Gasteiger partial charge in [0.15, 0.2) is 5.78 Å². The predicted molar refractivity (Wildman–Crippen MR) is 76.8 cm³/mol. The molecule has 0 saturated heterocycles. The Morgan fingerprint density at radius 3 is 2.72 bits per heavy atom. The van der Waals surface area contributed by atoms with Gasteiger partial charge in [-0.2, -0.15) is 0 Å². The summed E-state index contributed by atoms with van der Waals surface area (Å²) in [5.74, 6) is 0.985. The molecule has 0 fully saturated rings. The number of hydrogen-bond donors (Lipinski definition) is 1. The van der Waals surface area contributed by atoms with Crippen LogP contribution in [0.4, 0.5) is 0 Å². The number of Topliss-reactive ketones (excluding diaryl/α,β-unsaturated/α-hetero) is 1. The smallest absolute Gasteiger partial charge is 0.154 e. The molecule has 0 radical (unpaired) electrons. The molecule has 2 atom stereocenters. The van der Waals surface area contributed by atoms with Crippen LogP contribution in [0.5, 0.6) is 5.75 Å². The zero-order chi connectivity index (χ0) is 13.7. The van der Waals surface area contributed by atoms with Gasteiger partial charge < -0.3 is 10.5 Å². The topological polar surface area (TPSA) is 52.3 Å². The van der Waals surface area contributed by atoms with Gasteiger partial charge in [0.1, 0.15) is 5.75 Å². The summed E-state index contributed by atoms with van der Waals surface area (Å²) >= 11 is 3.40. The number of carbonyl (C=O) groups is 1. The van der Waals surface area contributed by atoms with Crippen molar-refractivity contribution in [3.63, 3.8) is 0 Å². The first-order valence-electron chi connectivity index (χ1n) is 6.10. The zero-order valence-corrected chi connectivity index (χ0v) is 12.7. The van der Waals surface area contributed by atoms with E-state index >= 15 is 0 Å². The highest BCUT2D eigenvalue weighted by Gasteiger charge is 2.20. The van der Waals surface area contributed by atoms with Crippen LogP contribution in [0, 0.1) is 5.92 Å². The Balaban J connectivity index is 2.84. The Bertz CT molecular complexity index is 420. The third-order valence-electron chi connectivity index (χ3n) is 3.24. The molecule has 0 aromatic heterocycles. The van der Waals surface area contributed by atoms with E-state index in [0.29, 0.717) is 6.42 Å². The van der Waals surface area contributed by atoms with Crippen molar-refractivity contribution in [1.82, 2.24) is 0 Å². The molecule has 0 heterocycles. The van der Waals surface area contributed by atoms with E-state index in [9.17, 15) is 4.79 Å². The van der Waals surface area contributed by atoms with E-state index in [1.165, 1.54) is 0 Å². The van der Waals surface area contributed by atoms with Crippen molar-refractivity contribution < 1.29 is 9.53 Å². The van der Waals surface area contributed by atoms with Gasteiger partial charge in [0, 0.05) is 16.5 Å². The van der Waals surface area contributed by atoms with Crippen LogP contribution in [0.15, 0.2) is 22.7 Å². The minimum Gasteiger partial charge on any atom is -0.496 e. The molecule has 1 aromatic carbocycles. The maximum absolute atomic E-state index is 12.1. The summed E-state index contributed by atoms with van der Waals surface area (Å²) in [7, 11) is 1.60. The summed E-state index contributed by atoms with van der Waals surface area (Å²) in [6, 6.07) is 5.24. The second-order valence-electron chi connectivity index (χ2n) is 4.51. The van der Waals surface area contributed by atoms with Crippen LogP contribution >= 0.6 is 15.9 Å². The van der Waals surface area contributed by atoms with E-state index < -0.39 is 6.04 Å². The minimum atomic E-state index is -0.404. The Hall–Kier alpha value is -0.870. The second kappa shape index (κ2) is 6.90. The number of methoxy groups -OCH3 is 1. The molecular formula is C14H20BrNO2. The van der Waals surface area contributed by atoms with Gasteiger partial charge in [-0.05, 0) is 24.1 Å². The molecule has 4 heteroatoms. The van der Waals surface area contributed by atoms with Crippen LogP contribution in [0.25, 0.3) is 0 Å². The van der Waals surface area contributed by atoms with E-state index in [0.717, 1.165) is 22.2 Å². The fourth-order valence-electron chi connectivity index (χ4n) is 1.76. The average molecular weight is 314 g/mol. The molecule has 1 rings (SSSR count). The summed E-state index contributed by atoms with van der Waals surface area (Å²) in [4.78, 5) is 12.1. The number of ether oxygens (including phenoxy) is 1. The normalized spacial score (nSPS) is 14.1. The molecule has 0 aliphatic rings. The molecule has 0 saturated carbocycles. The fourth-order valence-corrected chi connectivity index (χ4v) is 2.17. The Labute approximate surface area is 117 Å². The standard InChI is InChI=1S/C14H20BrNO2/c1-4-9(2)14(16)12(17)8-10-7-11(15)5-6-13(10)18-3/h5-7,9,14H,4,8,16H2,1-3H3. The summed E-state index contributed by atoms with van der Waals surface area (Å²) in [5, 5.41) is 0. The molecule has 0 aliphatic heterocycles. The highest BCUT2D eigenvalue weighted by Crippen LogP contribution is 2.24. The van der Waals surface area contributed by atoms with Gasteiger partial charge in [-0.15, -0.1) is 0 Å². The summed E-state index contributed by atoms with van der Waals surface area (Å²) < 4.78 is 6.19. The van der Waals surface area contributed by atoms with Gasteiger partial charge in [-0.3, -0.25) is 4.79 Å². The zero-order valence-electron chi connectivity index (χ0n) is 11.1. The molecule has 18 heavy (non-hydrogen) atoms. The predicted octanol–water partition coefficient (Wildman–Crippen LogP) is 2.94. The molecule has 0 spiro atoms. The molecule has 100 valence electrons.